The summed E-state index contributed by atoms with van der Waals surface area (Å²) in [6.45, 7) is 5.28. The number of nitrogens with zero attached hydrogens (tertiary/aromatic N) is 1. The van der Waals surface area contributed by atoms with Crippen molar-refractivity contribution in [2.75, 3.05) is 11.9 Å². The second kappa shape index (κ2) is 6.23. The fraction of sp³-hybridized carbons (Fsp3) is 0.500. The van der Waals surface area contributed by atoms with Crippen LogP contribution in [0.1, 0.15) is 49.4 Å². The van der Waals surface area contributed by atoms with Gasteiger partial charge in [-0.05, 0) is 62.3 Å². The van der Waals surface area contributed by atoms with Gasteiger partial charge in [0.2, 0.25) is 0 Å². The molecule has 3 rings (SSSR count). The van der Waals surface area contributed by atoms with E-state index in [1.807, 2.05) is 6.07 Å². The largest absolute Gasteiger partial charge is 0.384 e. The number of rotatable bonds is 3. The Bertz CT molecular complexity index is 664. The van der Waals surface area contributed by atoms with Crippen LogP contribution >= 0.6 is 11.6 Å². The van der Waals surface area contributed by atoms with Crippen LogP contribution in [0.15, 0.2) is 12.1 Å². The van der Waals surface area contributed by atoms with Gasteiger partial charge >= 0.3 is 0 Å². The Morgan fingerprint density at radius 2 is 2.00 bits per heavy atom. The van der Waals surface area contributed by atoms with Crippen molar-refractivity contribution in [3.05, 3.63) is 34.0 Å². The highest BCUT2D eigenvalue weighted by atomic mass is 35.5. The Labute approximate surface area is 131 Å². The van der Waals surface area contributed by atoms with Crippen LogP contribution in [-0.4, -0.2) is 11.5 Å². The van der Waals surface area contributed by atoms with Crippen LogP contribution in [0, 0.1) is 6.92 Å². The van der Waals surface area contributed by atoms with E-state index in [0.29, 0.717) is 0 Å². The van der Waals surface area contributed by atoms with Gasteiger partial charge in [0.15, 0.2) is 0 Å². The zero-order valence-electron chi connectivity index (χ0n) is 12.9. The Balaban J connectivity index is 2.23. The normalized spacial score (nSPS) is 14.8. The first-order chi connectivity index (χ1) is 10.2. The molecule has 1 N–H and O–H groups in total. The van der Waals surface area contributed by atoms with E-state index in [4.69, 9.17) is 16.6 Å². The SMILES string of the molecule is CCCNc1c2c(nc3cc(Cl)c(C)cc13)CCCCC2. The van der Waals surface area contributed by atoms with E-state index in [0.717, 1.165) is 41.9 Å². The van der Waals surface area contributed by atoms with Crippen LogP contribution < -0.4 is 5.32 Å². The van der Waals surface area contributed by atoms with Crippen molar-refractivity contribution < 1.29 is 0 Å². The quantitative estimate of drug-likeness (QED) is 0.779. The molecule has 2 nitrogen and oxygen atoms in total. The fourth-order valence-corrected chi connectivity index (χ4v) is 3.34. The first-order valence-electron chi connectivity index (χ1n) is 8.06. The molecule has 1 aliphatic rings. The molecular weight excluding hydrogens is 280 g/mol. The van der Waals surface area contributed by atoms with Crippen LogP contribution in [-0.2, 0) is 12.8 Å². The molecule has 1 aliphatic carbocycles. The summed E-state index contributed by atoms with van der Waals surface area (Å²) < 4.78 is 0. The van der Waals surface area contributed by atoms with E-state index in [2.05, 4.69) is 25.2 Å². The topological polar surface area (TPSA) is 24.9 Å². The molecule has 0 radical (unpaired) electrons. The minimum absolute atomic E-state index is 0.810. The zero-order valence-corrected chi connectivity index (χ0v) is 13.7. The summed E-state index contributed by atoms with van der Waals surface area (Å²) in [7, 11) is 0. The van der Waals surface area contributed by atoms with Crippen molar-refractivity contribution in [2.45, 2.75) is 52.4 Å². The molecule has 0 bridgehead atoms. The second-order valence-corrected chi connectivity index (χ2v) is 6.43. The van der Waals surface area contributed by atoms with E-state index in [-0.39, 0.29) is 0 Å². The third-order valence-electron chi connectivity index (χ3n) is 4.34. The van der Waals surface area contributed by atoms with Crippen molar-refractivity contribution in [3.8, 4) is 0 Å². The van der Waals surface area contributed by atoms with Gasteiger partial charge in [-0.1, -0.05) is 24.9 Å². The number of halogens is 1. The molecule has 3 heteroatoms. The van der Waals surface area contributed by atoms with Gasteiger partial charge in [0.05, 0.1) is 5.52 Å². The molecule has 0 unspecified atom stereocenters. The summed E-state index contributed by atoms with van der Waals surface area (Å²) in [5.41, 5.74) is 6.18. The van der Waals surface area contributed by atoms with E-state index in [9.17, 15) is 0 Å². The molecule has 1 aromatic heterocycles. The van der Waals surface area contributed by atoms with Gasteiger partial charge in [-0.15, -0.1) is 0 Å². The number of aromatic nitrogens is 1. The lowest BCUT2D eigenvalue weighted by molar-refractivity contribution is 0.709. The summed E-state index contributed by atoms with van der Waals surface area (Å²) in [4.78, 5) is 4.92. The van der Waals surface area contributed by atoms with E-state index in [1.54, 1.807) is 0 Å². The molecular formula is C18H23ClN2. The van der Waals surface area contributed by atoms with Crippen LogP contribution in [0.2, 0.25) is 5.02 Å². The molecule has 0 fully saturated rings. The number of pyridine rings is 1. The highest BCUT2D eigenvalue weighted by Crippen LogP contribution is 2.35. The predicted octanol–water partition coefficient (Wildman–Crippen LogP) is 5.29. The van der Waals surface area contributed by atoms with Crippen molar-refractivity contribution in [3.63, 3.8) is 0 Å². The molecule has 0 amide bonds. The van der Waals surface area contributed by atoms with Crippen LogP contribution in [0.4, 0.5) is 5.69 Å². The standard InChI is InChI=1S/C18H23ClN2/c1-3-9-20-18-13-7-5-4-6-8-16(13)21-17-11-15(19)12(2)10-14(17)18/h10-11H,3-9H2,1-2H3,(H,20,21). The van der Waals surface area contributed by atoms with Crippen molar-refractivity contribution in [1.29, 1.82) is 0 Å². The molecule has 0 atom stereocenters. The van der Waals surface area contributed by atoms with Gasteiger partial charge in [-0.2, -0.15) is 0 Å². The number of benzene rings is 1. The minimum atomic E-state index is 0.810. The molecule has 1 aromatic carbocycles. The Morgan fingerprint density at radius 1 is 1.19 bits per heavy atom. The monoisotopic (exact) mass is 302 g/mol. The summed E-state index contributed by atoms with van der Waals surface area (Å²) >= 11 is 6.30. The first kappa shape index (κ1) is 14.6. The average molecular weight is 303 g/mol. The van der Waals surface area contributed by atoms with Crippen LogP contribution in [0.5, 0.6) is 0 Å². The van der Waals surface area contributed by atoms with Crippen LogP contribution in [0.3, 0.4) is 0 Å². The molecule has 21 heavy (non-hydrogen) atoms. The lowest BCUT2D eigenvalue weighted by Gasteiger charge is -2.17. The van der Waals surface area contributed by atoms with E-state index < -0.39 is 0 Å². The third-order valence-corrected chi connectivity index (χ3v) is 4.75. The maximum atomic E-state index is 6.30. The first-order valence-corrected chi connectivity index (χ1v) is 8.44. The second-order valence-electron chi connectivity index (χ2n) is 6.02. The lowest BCUT2D eigenvalue weighted by atomic mass is 10.0. The fourth-order valence-electron chi connectivity index (χ4n) is 3.18. The number of hydrogen-bond donors (Lipinski definition) is 1. The number of fused-ring (bicyclic) bond motifs is 2. The summed E-state index contributed by atoms with van der Waals surface area (Å²) in [6, 6.07) is 4.21. The maximum absolute atomic E-state index is 6.30. The van der Waals surface area contributed by atoms with Gasteiger partial charge in [0.25, 0.3) is 0 Å². The van der Waals surface area contributed by atoms with Crippen LogP contribution in [0.25, 0.3) is 10.9 Å². The molecule has 0 saturated heterocycles. The van der Waals surface area contributed by atoms with Crippen molar-refractivity contribution in [1.82, 2.24) is 4.98 Å². The van der Waals surface area contributed by atoms with Crippen molar-refractivity contribution >= 4 is 28.2 Å². The van der Waals surface area contributed by atoms with Gasteiger partial charge in [-0.3, -0.25) is 4.98 Å². The molecule has 1 heterocycles. The highest BCUT2D eigenvalue weighted by Gasteiger charge is 2.17. The number of hydrogen-bond acceptors (Lipinski definition) is 2. The van der Waals surface area contributed by atoms with E-state index >= 15 is 0 Å². The molecule has 0 aliphatic heterocycles. The number of anilines is 1. The number of nitrogens with one attached hydrogen (secondary N) is 1. The van der Waals surface area contributed by atoms with Gasteiger partial charge < -0.3 is 5.32 Å². The molecule has 2 aromatic rings. The highest BCUT2D eigenvalue weighted by molar-refractivity contribution is 6.32. The third kappa shape index (κ3) is 2.87. The Morgan fingerprint density at radius 3 is 2.81 bits per heavy atom. The summed E-state index contributed by atoms with van der Waals surface area (Å²) in [6.07, 6.45) is 7.19. The molecule has 0 spiro atoms. The molecule has 0 saturated carbocycles. The van der Waals surface area contributed by atoms with Gasteiger partial charge in [0, 0.05) is 28.3 Å². The average Bonchev–Trinajstić information content (AvgIpc) is 2.70. The van der Waals surface area contributed by atoms with Gasteiger partial charge in [-0.25, -0.2) is 0 Å². The van der Waals surface area contributed by atoms with Crippen molar-refractivity contribution in [2.24, 2.45) is 0 Å². The summed E-state index contributed by atoms with van der Waals surface area (Å²) in [5.74, 6) is 0. The maximum Gasteiger partial charge on any atom is 0.0741 e. The smallest absolute Gasteiger partial charge is 0.0741 e. The minimum Gasteiger partial charge on any atom is -0.384 e. The number of aryl methyl sites for hydroxylation is 2. The van der Waals surface area contributed by atoms with Gasteiger partial charge in [0.1, 0.15) is 0 Å². The molecule has 112 valence electrons. The Kier molecular flexibility index (Phi) is 4.34. The Hall–Kier alpha value is -1.28. The lowest BCUT2D eigenvalue weighted by Crippen LogP contribution is -2.08. The zero-order chi connectivity index (χ0) is 14.8. The predicted molar refractivity (Wildman–Crippen MR) is 91.5 cm³/mol. The van der Waals surface area contributed by atoms with E-state index in [1.165, 1.54) is 41.6 Å². The summed E-state index contributed by atoms with van der Waals surface area (Å²) in [5, 5.41) is 5.69.